The van der Waals surface area contributed by atoms with Crippen LogP contribution in [0.4, 0.5) is 5.82 Å². The van der Waals surface area contributed by atoms with Gasteiger partial charge in [0.25, 0.3) is 0 Å². The number of aryl methyl sites for hydroxylation is 1. The smallest absolute Gasteiger partial charge is 0.150 e. The van der Waals surface area contributed by atoms with E-state index in [-0.39, 0.29) is 0 Å². The van der Waals surface area contributed by atoms with E-state index in [9.17, 15) is 0 Å². The Morgan fingerprint density at radius 2 is 2.17 bits per heavy atom. The van der Waals surface area contributed by atoms with Gasteiger partial charge in [0.2, 0.25) is 0 Å². The van der Waals surface area contributed by atoms with Gasteiger partial charge in [-0.25, -0.2) is 9.97 Å². The lowest BCUT2D eigenvalue weighted by atomic mass is 10.2. The molecule has 0 amide bonds. The van der Waals surface area contributed by atoms with E-state index in [0.29, 0.717) is 5.82 Å². The fourth-order valence-electron chi connectivity index (χ4n) is 1.98. The van der Waals surface area contributed by atoms with Gasteiger partial charge in [-0.2, -0.15) is 0 Å². The highest BCUT2D eigenvalue weighted by Crippen LogP contribution is 2.21. The number of hydrogen-bond donors (Lipinski definition) is 1. The van der Waals surface area contributed by atoms with Crippen LogP contribution in [0.3, 0.4) is 0 Å². The van der Waals surface area contributed by atoms with Gasteiger partial charge in [-0.15, -0.1) is 0 Å². The summed E-state index contributed by atoms with van der Waals surface area (Å²) in [5.41, 5.74) is 8.81. The topological polar surface area (TPSA) is 69.6 Å². The van der Waals surface area contributed by atoms with Gasteiger partial charge in [-0.05, 0) is 24.1 Å². The number of aromatic nitrogens is 4. The molecule has 3 heterocycles. The Labute approximate surface area is 104 Å². The molecule has 5 nitrogen and oxygen atoms in total. The molecule has 0 unspecified atom stereocenters. The van der Waals surface area contributed by atoms with Gasteiger partial charge in [-0.3, -0.25) is 9.55 Å². The van der Waals surface area contributed by atoms with Crippen LogP contribution in [-0.2, 0) is 6.42 Å². The molecule has 0 saturated heterocycles. The summed E-state index contributed by atoms with van der Waals surface area (Å²) in [4.78, 5) is 12.5. The van der Waals surface area contributed by atoms with Crippen molar-refractivity contribution in [1.29, 1.82) is 0 Å². The Balaban J connectivity index is 2.22. The van der Waals surface area contributed by atoms with Crippen LogP contribution in [0.15, 0.2) is 37.1 Å². The van der Waals surface area contributed by atoms with E-state index in [4.69, 9.17) is 5.73 Å². The number of fused-ring (bicyclic) bond motifs is 1. The van der Waals surface area contributed by atoms with Gasteiger partial charge >= 0.3 is 0 Å². The van der Waals surface area contributed by atoms with Crippen molar-refractivity contribution in [2.24, 2.45) is 0 Å². The summed E-state index contributed by atoms with van der Waals surface area (Å²) in [6, 6.07) is 4.02. The average molecular weight is 239 g/mol. The Hall–Kier alpha value is -2.43. The summed E-state index contributed by atoms with van der Waals surface area (Å²) in [6.07, 6.45) is 8.06. The SMILES string of the molecule is CCc1cncc(-n2ccc3c(N)ncnc32)c1. The summed E-state index contributed by atoms with van der Waals surface area (Å²) < 4.78 is 1.97. The minimum atomic E-state index is 0.498. The van der Waals surface area contributed by atoms with E-state index >= 15 is 0 Å². The summed E-state index contributed by atoms with van der Waals surface area (Å²) in [7, 11) is 0. The zero-order valence-corrected chi connectivity index (χ0v) is 10.0. The molecule has 0 aliphatic heterocycles. The molecule has 18 heavy (non-hydrogen) atoms. The molecule has 2 N–H and O–H groups in total. The molecule has 0 spiro atoms. The predicted molar refractivity (Wildman–Crippen MR) is 70.5 cm³/mol. The Morgan fingerprint density at radius 3 is 3.00 bits per heavy atom. The first-order chi connectivity index (χ1) is 8.79. The molecule has 90 valence electrons. The fourth-order valence-corrected chi connectivity index (χ4v) is 1.98. The second kappa shape index (κ2) is 4.10. The Kier molecular flexibility index (Phi) is 2.44. The highest BCUT2D eigenvalue weighted by molar-refractivity contribution is 5.87. The van der Waals surface area contributed by atoms with Crippen molar-refractivity contribution in [3.8, 4) is 5.69 Å². The first kappa shape index (κ1) is 10.7. The molecule has 0 fully saturated rings. The second-order valence-electron chi connectivity index (χ2n) is 4.09. The van der Waals surface area contributed by atoms with Crippen molar-refractivity contribution < 1.29 is 0 Å². The third-order valence-electron chi connectivity index (χ3n) is 2.98. The third-order valence-corrected chi connectivity index (χ3v) is 2.98. The minimum absolute atomic E-state index is 0.498. The predicted octanol–water partition coefficient (Wildman–Crippen LogP) is 1.96. The largest absolute Gasteiger partial charge is 0.383 e. The maximum absolute atomic E-state index is 5.82. The van der Waals surface area contributed by atoms with Crippen LogP contribution in [0.5, 0.6) is 0 Å². The third kappa shape index (κ3) is 1.60. The molecular formula is C13H13N5. The molecule has 5 heteroatoms. The van der Waals surface area contributed by atoms with E-state index in [2.05, 4.69) is 27.9 Å². The quantitative estimate of drug-likeness (QED) is 0.742. The number of hydrogen-bond acceptors (Lipinski definition) is 4. The minimum Gasteiger partial charge on any atom is -0.383 e. The van der Waals surface area contributed by atoms with Gasteiger partial charge < -0.3 is 5.73 Å². The second-order valence-corrected chi connectivity index (χ2v) is 4.09. The van der Waals surface area contributed by atoms with Crippen molar-refractivity contribution >= 4 is 16.9 Å². The first-order valence-corrected chi connectivity index (χ1v) is 5.81. The van der Waals surface area contributed by atoms with Crippen LogP contribution in [0.2, 0.25) is 0 Å². The van der Waals surface area contributed by atoms with E-state index < -0.39 is 0 Å². The zero-order valence-electron chi connectivity index (χ0n) is 10.0. The van der Waals surface area contributed by atoms with Crippen molar-refractivity contribution in [2.75, 3.05) is 5.73 Å². The van der Waals surface area contributed by atoms with Gasteiger partial charge in [0, 0.05) is 12.4 Å². The van der Waals surface area contributed by atoms with Crippen molar-refractivity contribution in [3.05, 3.63) is 42.6 Å². The number of nitrogen functional groups attached to an aromatic ring is 1. The molecule has 0 atom stereocenters. The monoisotopic (exact) mass is 239 g/mol. The molecule has 0 aliphatic rings. The average Bonchev–Trinajstić information content (AvgIpc) is 2.84. The Morgan fingerprint density at radius 1 is 1.28 bits per heavy atom. The van der Waals surface area contributed by atoms with Gasteiger partial charge in [0.15, 0.2) is 0 Å². The van der Waals surface area contributed by atoms with Crippen LogP contribution >= 0.6 is 0 Å². The summed E-state index contributed by atoms with van der Waals surface area (Å²) in [5.74, 6) is 0.498. The molecule has 3 aromatic rings. The summed E-state index contributed by atoms with van der Waals surface area (Å²) in [6.45, 7) is 2.11. The fraction of sp³-hybridized carbons (Fsp3) is 0.154. The molecule has 0 aromatic carbocycles. The molecule has 3 rings (SSSR count). The molecule has 0 bridgehead atoms. The summed E-state index contributed by atoms with van der Waals surface area (Å²) >= 11 is 0. The number of nitrogens with two attached hydrogens (primary N) is 1. The van der Waals surface area contributed by atoms with E-state index in [1.165, 1.54) is 11.9 Å². The first-order valence-electron chi connectivity index (χ1n) is 5.81. The number of rotatable bonds is 2. The number of anilines is 1. The molecular weight excluding hydrogens is 226 g/mol. The zero-order chi connectivity index (χ0) is 12.5. The van der Waals surface area contributed by atoms with Gasteiger partial charge in [0.05, 0.1) is 17.3 Å². The molecule has 0 saturated carbocycles. The molecule has 0 aliphatic carbocycles. The lowest BCUT2D eigenvalue weighted by molar-refractivity contribution is 1.03. The highest BCUT2D eigenvalue weighted by Gasteiger charge is 2.07. The molecule has 3 aromatic heterocycles. The maximum atomic E-state index is 5.82. The summed E-state index contributed by atoms with van der Waals surface area (Å²) in [5, 5.41) is 0.861. The van der Waals surface area contributed by atoms with Crippen LogP contribution in [0.1, 0.15) is 12.5 Å². The van der Waals surface area contributed by atoms with Crippen LogP contribution in [0, 0.1) is 0 Å². The van der Waals surface area contributed by atoms with Crippen molar-refractivity contribution in [2.45, 2.75) is 13.3 Å². The lowest BCUT2D eigenvalue weighted by Crippen LogP contribution is -1.98. The van der Waals surface area contributed by atoms with Gasteiger partial charge in [0.1, 0.15) is 17.8 Å². The van der Waals surface area contributed by atoms with Gasteiger partial charge in [-0.1, -0.05) is 6.92 Å². The Bertz CT molecular complexity index is 701. The van der Waals surface area contributed by atoms with Crippen LogP contribution < -0.4 is 5.73 Å². The van der Waals surface area contributed by atoms with Crippen LogP contribution in [0.25, 0.3) is 16.7 Å². The number of nitrogens with zero attached hydrogens (tertiary/aromatic N) is 4. The van der Waals surface area contributed by atoms with E-state index in [0.717, 1.165) is 23.1 Å². The molecule has 0 radical (unpaired) electrons. The van der Waals surface area contributed by atoms with Crippen molar-refractivity contribution in [3.63, 3.8) is 0 Å². The van der Waals surface area contributed by atoms with E-state index in [1.807, 2.05) is 29.2 Å². The maximum Gasteiger partial charge on any atom is 0.150 e. The van der Waals surface area contributed by atoms with Crippen LogP contribution in [-0.4, -0.2) is 19.5 Å². The highest BCUT2D eigenvalue weighted by atomic mass is 15.1. The lowest BCUT2D eigenvalue weighted by Gasteiger charge is -2.05. The normalized spacial score (nSPS) is 10.9. The standard InChI is InChI=1S/C13H13N5/c1-2-9-5-10(7-15-6-9)18-4-3-11-12(14)16-8-17-13(11)18/h3-8H,2H2,1H3,(H2,14,16,17). The van der Waals surface area contributed by atoms with E-state index in [1.54, 1.807) is 0 Å². The van der Waals surface area contributed by atoms with Crippen molar-refractivity contribution in [1.82, 2.24) is 19.5 Å². The number of pyridine rings is 1.